The molecule has 5 heteroatoms. The molecule has 0 aromatic heterocycles. The Hall–Kier alpha value is 0.520. The van der Waals surface area contributed by atoms with Gasteiger partial charge in [-0.15, -0.1) is 23.5 Å². The molecule has 0 bridgehead atoms. The van der Waals surface area contributed by atoms with Crippen molar-refractivity contribution in [3.8, 4) is 0 Å². The van der Waals surface area contributed by atoms with Crippen molar-refractivity contribution in [1.82, 2.24) is 0 Å². The number of rotatable bonds is 5. The van der Waals surface area contributed by atoms with Gasteiger partial charge in [0, 0.05) is 23.2 Å². The maximum absolute atomic E-state index is 11.0. The molecule has 0 aromatic rings. The van der Waals surface area contributed by atoms with Gasteiger partial charge < -0.3 is 4.74 Å². The van der Waals surface area contributed by atoms with E-state index in [2.05, 4.69) is 24.3 Å². The van der Waals surface area contributed by atoms with Crippen molar-refractivity contribution in [3.05, 3.63) is 0 Å². The number of thiol groups is 1. The second-order valence-electron chi connectivity index (χ2n) is 3.80. The third-order valence-corrected chi connectivity index (χ3v) is 6.73. The Morgan fingerprint density at radius 2 is 2.40 bits per heavy atom. The molecule has 0 aromatic carbocycles. The van der Waals surface area contributed by atoms with E-state index in [-0.39, 0.29) is 10.0 Å². The van der Waals surface area contributed by atoms with Crippen molar-refractivity contribution >= 4 is 42.1 Å². The summed E-state index contributed by atoms with van der Waals surface area (Å²) in [6.07, 6.45) is 2.53. The van der Waals surface area contributed by atoms with Gasteiger partial charge in [0.25, 0.3) is 0 Å². The van der Waals surface area contributed by atoms with Gasteiger partial charge in [-0.2, -0.15) is 12.6 Å². The molecule has 2 atom stereocenters. The molecule has 1 aliphatic rings. The van der Waals surface area contributed by atoms with E-state index in [1.54, 1.807) is 0 Å². The van der Waals surface area contributed by atoms with Crippen LogP contribution >= 0.6 is 36.2 Å². The largest absolute Gasteiger partial charge is 0.469 e. The Morgan fingerprint density at radius 3 is 2.93 bits per heavy atom. The maximum Gasteiger partial charge on any atom is 0.305 e. The van der Waals surface area contributed by atoms with Crippen LogP contribution in [0.1, 0.15) is 26.2 Å². The Balaban J connectivity index is 2.23. The molecule has 88 valence electrons. The lowest BCUT2D eigenvalue weighted by Gasteiger charge is -2.21. The fraction of sp³-hybridized carbons (Fsp3) is 0.900. The normalized spacial score (nSPS) is 30.5. The lowest BCUT2D eigenvalue weighted by Crippen LogP contribution is -2.13. The summed E-state index contributed by atoms with van der Waals surface area (Å²) in [4.78, 5) is 11.0. The number of carbonyl (C=O) groups is 1. The maximum atomic E-state index is 11.0. The highest BCUT2D eigenvalue weighted by molar-refractivity contribution is 8.21. The number of hydrogen-bond donors (Lipinski definition) is 1. The number of ether oxygens (including phenoxy) is 1. The molecule has 2 nitrogen and oxygen atoms in total. The summed E-state index contributed by atoms with van der Waals surface area (Å²) in [5, 5.41) is 0.668. The first-order valence-electron chi connectivity index (χ1n) is 5.09. The quantitative estimate of drug-likeness (QED) is 0.611. The molecule has 0 amide bonds. The number of methoxy groups -OCH3 is 1. The third kappa shape index (κ3) is 4.49. The van der Waals surface area contributed by atoms with Gasteiger partial charge in [-0.25, -0.2) is 0 Å². The van der Waals surface area contributed by atoms with E-state index >= 15 is 0 Å². The minimum atomic E-state index is -0.0997. The van der Waals surface area contributed by atoms with E-state index in [4.69, 9.17) is 0 Å². The molecule has 1 fully saturated rings. The molecule has 0 radical (unpaired) electrons. The van der Waals surface area contributed by atoms with E-state index in [0.717, 1.165) is 18.6 Å². The second kappa shape index (κ2) is 6.30. The van der Waals surface area contributed by atoms with E-state index in [1.807, 2.05) is 23.5 Å². The summed E-state index contributed by atoms with van der Waals surface area (Å²) in [7, 11) is 1.44. The van der Waals surface area contributed by atoms with Crippen molar-refractivity contribution in [2.75, 3.05) is 18.6 Å². The van der Waals surface area contributed by atoms with Gasteiger partial charge in [0.2, 0.25) is 0 Å². The van der Waals surface area contributed by atoms with Crippen molar-refractivity contribution < 1.29 is 9.53 Å². The van der Waals surface area contributed by atoms with Gasteiger partial charge in [-0.3, -0.25) is 4.79 Å². The Labute approximate surface area is 106 Å². The summed E-state index contributed by atoms with van der Waals surface area (Å²) >= 11 is 8.33. The van der Waals surface area contributed by atoms with Crippen molar-refractivity contribution in [2.24, 2.45) is 0 Å². The van der Waals surface area contributed by atoms with Crippen LogP contribution in [-0.4, -0.2) is 33.9 Å². The van der Waals surface area contributed by atoms with Crippen molar-refractivity contribution in [1.29, 1.82) is 0 Å². The molecule has 15 heavy (non-hydrogen) atoms. The molecule has 1 saturated heterocycles. The lowest BCUT2D eigenvalue weighted by molar-refractivity contribution is -0.140. The molecule has 0 spiro atoms. The minimum absolute atomic E-state index is 0.0997. The third-order valence-electron chi connectivity index (χ3n) is 2.43. The standard InChI is InChI=1S/C10H18O2S3/c1-10(5-3-4-9(11)12-2)14-7-8(6-13)15-10/h8,13H,3-7H2,1-2H3. The van der Waals surface area contributed by atoms with Crippen LogP contribution in [0.4, 0.5) is 0 Å². The number of esters is 1. The fourth-order valence-electron chi connectivity index (χ4n) is 1.57. The molecular formula is C10H18O2S3. The Morgan fingerprint density at radius 1 is 1.67 bits per heavy atom. The summed E-state index contributed by atoms with van der Waals surface area (Å²) in [5.41, 5.74) is 0. The molecule has 0 N–H and O–H groups in total. The van der Waals surface area contributed by atoms with Gasteiger partial charge in [0.05, 0.1) is 11.2 Å². The second-order valence-corrected chi connectivity index (χ2v) is 7.75. The van der Waals surface area contributed by atoms with Crippen LogP contribution in [0, 0.1) is 0 Å². The SMILES string of the molecule is COC(=O)CCCC1(C)SCC(CS)S1. The lowest BCUT2D eigenvalue weighted by atomic mass is 10.2. The van der Waals surface area contributed by atoms with Crippen molar-refractivity contribution in [3.63, 3.8) is 0 Å². The van der Waals surface area contributed by atoms with Crippen LogP contribution < -0.4 is 0 Å². The predicted octanol–water partition coefficient (Wildman–Crippen LogP) is 2.82. The smallest absolute Gasteiger partial charge is 0.305 e. The zero-order valence-corrected chi connectivity index (χ0v) is 11.7. The molecule has 1 heterocycles. The monoisotopic (exact) mass is 266 g/mol. The highest BCUT2D eigenvalue weighted by Crippen LogP contribution is 2.50. The fourth-order valence-corrected chi connectivity index (χ4v) is 5.44. The number of thioether (sulfide) groups is 2. The van der Waals surface area contributed by atoms with E-state index in [9.17, 15) is 4.79 Å². The summed E-state index contributed by atoms with van der Waals surface area (Å²) < 4.78 is 4.90. The topological polar surface area (TPSA) is 26.3 Å². The number of hydrogen-bond acceptors (Lipinski definition) is 5. The van der Waals surface area contributed by atoms with E-state index in [0.29, 0.717) is 11.7 Å². The van der Waals surface area contributed by atoms with Crippen LogP contribution in [0.5, 0.6) is 0 Å². The van der Waals surface area contributed by atoms with Gasteiger partial charge in [-0.1, -0.05) is 0 Å². The van der Waals surface area contributed by atoms with Crippen LogP contribution in [0.2, 0.25) is 0 Å². The Kier molecular flexibility index (Phi) is 5.71. The molecule has 0 aliphatic carbocycles. The predicted molar refractivity (Wildman–Crippen MR) is 72.0 cm³/mol. The van der Waals surface area contributed by atoms with Crippen LogP contribution in [0.3, 0.4) is 0 Å². The summed E-state index contributed by atoms with van der Waals surface area (Å²) in [6.45, 7) is 2.27. The van der Waals surface area contributed by atoms with Gasteiger partial charge in [-0.05, 0) is 19.8 Å². The first kappa shape index (κ1) is 13.6. The highest BCUT2D eigenvalue weighted by Gasteiger charge is 2.35. The minimum Gasteiger partial charge on any atom is -0.469 e. The van der Waals surface area contributed by atoms with Crippen LogP contribution in [0.25, 0.3) is 0 Å². The Bertz CT molecular complexity index is 223. The highest BCUT2D eigenvalue weighted by atomic mass is 32.2. The van der Waals surface area contributed by atoms with Crippen molar-refractivity contribution in [2.45, 2.75) is 35.5 Å². The first-order valence-corrected chi connectivity index (χ1v) is 7.59. The zero-order valence-electron chi connectivity index (χ0n) is 9.19. The van der Waals surface area contributed by atoms with Crippen LogP contribution in [-0.2, 0) is 9.53 Å². The molecular weight excluding hydrogens is 248 g/mol. The van der Waals surface area contributed by atoms with Gasteiger partial charge >= 0.3 is 5.97 Å². The summed E-state index contributed by atoms with van der Waals surface area (Å²) in [5.74, 6) is 2.03. The molecule has 0 saturated carbocycles. The average molecular weight is 266 g/mol. The van der Waals surface area contributed by atoms with Gasteiger partial charge in [0.15, 0.2) is 0 Å². The summed E-state index contributed by atoms with van der Waals surface area (Å²) in [6, 6.07) is 0. The molecule has 1 rings (SSSR count). The van der Waals surface area contributed by atoms with Gasteiger partial charge in [0.1, 0.15) is 0 Å². The average Bonchev–Trinajstić information content (AvgIpc) is 2.60. The number of carbonyl (C=O) groups excluding carboxylic acids is 1. The first-order chi connectivity index (χ1) is 7.09. The molecule has 2 unspecified atom stereocenters. The zero-order chi connectivity index (χ0) is 11.3. The van der Waals surface area contributed by atoms with Crippen LogP contribution in [0.15, 0.2) is 0 Å². The van der Waals surface area contributed by atoms with E-state index in [1.165, 1.54) is 12.9 Å². The van der Waals surface area contributed by atoms with E-state index < -0.39 is 0 Å². The molecule has 1 aliphatic heterocycles.